The van der Waals surface area contributed by atoms with Crippen molar-refractivity contribution in [1.29, 1.82) is 0 Å². The largest absolute Gasteiger partial charge is 0.103 e. The summed E-state index contributed by atoms with van der Waals surface area (Å²) in [5.41, 5.74) is 5.02. The molecule has 0 aliphatic carbocycles. The molecule has 0 radical (unpaired) electrons. The van der Waals surface area contributed by atoms with Crippen molar-refractivity contribution >= 4 is 21.3 Å². The molecule has 0 fully saturated rings. The first kappa shape index (κ1) is 14.2. The van der Waals surface area contributed by atoms with Crippen LogP contribution in [0, 0.1) is 0 Å². The van der Waals surface area contributed by atoms with Gasteiger partial charge in [0.05, 0.1) is 8.07 Å². The van der Waals surface area contributed by atoms with Crippen LogP contribution in [0.2, 0.25) is 32.2 Å². The molecule has 0 unspecified atom stereocenters. The maximum Gasteiger partial charge on any atom is 0.103 e. The zero-order valence-corrected chi connectivity index (χ0v) is 13.5. The number of rotatable bonds is 5. The topological polar surface area (TPSA) is 0 Å². The summed E-state index contributed by atoms with van der Waals surface area (Å²) < 4.78 is 0. The third kappa shape index (κ3) is 4.48. The third-order valence-electron chi connectivity index (χ3n) is 3.14. The van der Waals surface area contributed by atoms with Crippen LogP contribution in [-0.4, -0.2) is 16.1 Å². The van der Waals surface area contributed by atoms with Crippen molar-refractivity contribution in [1.82, 2.24) is 0 Å². The molecular formula is C15H24Si2. The van der Waals surface area contributed by atoms with E-state index >= 15 is 0 Å². The second kappa shape index (κ2) is 5.65. The quantitative estimate of drug-likeness (QED) is 0.551. The van der Waals surface area contributed by atoms with Crippen molar-refractivity contribution in [2.45, 2.75) is 32.2 Å². The molecule has 0 bridgehead atoms. The summed E-state index contributed by atoms with van der Waals surface area (Å²) in [6.07, 6.45) is 2.06. The molecule has 0 saturated heterocycles. The molecule has 0 nitrogen and oxygen atoms in total. The predicted octanol–water partition coefficient (Wildman–Crippen LogP) is 4.13. The fourth-order valence-electron chi connectivity index (χ4n) is 1.84. The highest BCUT2D eigenvalue weighted by Crippen LogP contribution is 2.14. The second-order valence-electron chi connectivity index (χ2n) is 5.90. The van der Waals surface area contributed by atoms with Crippen LogP contribution in [0.4, 0.5) is 0 Å². The zero-order valence-electron chi connectivity index (χ0n) is 11.5. The van der Waals surface area contributed by atoms with Crippen LogP contribution in [0.3, 0.4) is 0 Å². The summed E-state index contributed by atoms with van der Waals surface area (Å²) in [5, 5.41) is 1.51. The van der Waals surface area contributed by atoms with Crippen molar-refractivity contribution in [2.75, 3.05) is 0 Å². The van der Waals surface area contributed by atoms with Crippen molar-refractivity contribution < 1.29 is 0 Å². The smallest absolute Gasteiger partial charge is 0.103 e. The molecule has 92 valence electrons. The van der Waals surface area contributed by atoms with Crippen LogP contribution in [0.25, 0.3) is 0 Å². The van der Waals surface area contributed by atoms with Gasteiger partial charge in [0.25, 0.3) is 0 Å². The molecule has 0 aromatic heterocycles. The van der Waals surface area contributed by atoms with Gasteiger partial charge >= 0.3 is 0 Å². The number of benzene rings is 1. The van der Waals surface area contributed by atoms with Gasteiger partial charge in [0.2, 0.25) is 0 Å². The lowest BCUT2D eigenvalue weighted by Crippen LogP contribution is -2.40. The number of allylic oxidation sites excluding steroid dienone is 1. The molecule has 17 heavy (non-hydrogen) atoms. The van der Waals surface area contributed by atoms with Gasteiger partial charge in [-0.3, -0.25) is 0 Å². The minimum Gasteiger partial charge on any atom is -0.103 e. The van der Waals surface area contributed by atoms with E-state index in [9.17, 15) is 0 Å². The maximum atomic E-state index is 3.86. The van der Waals surface area contributed by atoms with Gasteiger partial charge in [-0.05, 0) is 6.04 Å². The Labute approximate surface area is 108 Å². The summed E-state index contributed by atoms with van der Waals surface area (Å²) in [4.78, 5) is 0. The van der Waals surface area contributed by atoms with E-state index in [0.29, 0.717) is 0 Å². The van der Waals surface area contributed by atoms with E-state index in [4.69, 9.17) is 0 Å². The average molecular weight is 261 g/mol. The summed E-state index contributed by atoms with van der Waals surface area (Å²) in [5.74, 6) is 0. The first-order valence-corrected chi connectivity index (χ1v) is 12.6. The Morgan fingerprint density at radius 3 is 2.12 bits per heavy atom. The Morgan fingerprint density at radius 1 is 1.00 bits per heavy atom. The zero-order chi connectivity index (χ0) is 12.9. The normalized spacial score (nSPS) is 12.9. The lowest BCUT2D eigenvalue weighted by molar-refractivity contribution is 1.56. The highest BCUT2D eigenvalue weighted by molar-refractivity contribution is 6.95. The van der Waals surface area contributed by atoms with Crippen LogP contribution in [0.5, 0.6) is 0 Å². The summed E-state index contributed by atoms with van der Waals surface area (Å²) in [6, 6.07) is 12.1. The van der Waals surface area contributed by atoms with Gasteiger partial charge in [0.15, 0.2) is 0 Å². The molecule has 2 heteroatoms. The summed E-state index contributed by atoms with van der Waals surface area (Å²) >= 11 is 0. The molecule has 1 aromatic rings. The monoisotopic (exact) mass is 260 g/mol. The lowest BCUT2D eigenvalue weighted by atomic mass is 10.4. The van der Waals surface area contributed by atoms with Crippen LogP contribution in [-0.2, 0) is 0 Å². The lowest BCUT2D eigenvalue weighted by Gasteiger charge is -2.22. The number of hydrogen-bond donors (Lipinski definition) is 0. The standard InChI is InChI=1S/C15H24Si2/c1-6-12-16(2,3)13-14-17(4,5)15-10-8-7-9-11-15/h6-11,13-14H,1,12H2,2-5H3/b14-13+. The van der Waals surface area contributed by atoms with Crippen LogP contribution < -0.4 is 5.19 Å². The Morgan fingerprint density at radius 2 is 1.59 bits per heavy atom. The first-order chi connectivity index (χ1) is 7.87. The molecule has 0 saturated carbocycles. The Hall–Kier alpha value is -0.866. The molecule has 1 rings (SSSR count). The molecule has 0 N–H and O–H groups in total. The van der Waals surface area contributed by atoms with E-state index in [1.54, 1.807) is 0 Å². The molecule has 0 amide bonds. The predicted molar refractivity (Wildman–Crippen MR) is 85.2 cm³/mol. The molecule has 1 aromatic carbocycles. The van der Waals surface area contributed by atoms with E-state index in [1.165, 1.54) is 11.2 Å². The summed E-state index contributed by atoms with van der Waals surface area (Å²) in [7, 11) is -2.61. The van der Waals surface area contributed by atoms with Gasteiger partial charge in [-0.25, -0.2) is 0 Å². The maximum absolute atomic E-state index is 3.86. The average Bonchev–Trinajstić information content (AvgIpc) is 2.28. The second-order valence-corrected chi connectivity index (χ2v) is 15.0. The van der Waals surface area contributed by atoms with E-state index in [-0.39, 0.29) is 0 Å². The van der Waals surface area contributed by atoms with E-state index in [2.05, 4.69) is 80.6 Å². The van der Waals surface area contributed by atoms with Crippen molar-refractivity contribution in [2.24, 2.45) is 0 Å². The van der Waals surface area contributed by atoms with E-state index < -0.39 is 16.1 Å². The minimum atomic E-state index is -1.40. The third-order valence-corrected chi connectivity index (χ3v) is 8.70. The van der Waals surface area contributed by atoms with Gasteiger partial charge in [0.1, 0.15) is 8.07 Å². The fourth-order valence-corrected chi connectivity index (χ4v) is 7.43. The Balaban J connectivity index is 2.86. The first-order valence-electron chi connectivity index (χ1n) is 6.24. The molecule has 0 atom stereocenters. The molecule has 0 aliphatic heterocycles. The van der Waals surface area contributed by atoms with Crippen molar-refractivity contribution in [3.8, 4) is 0 Å². The van der Waals surface area contributed by atoms with Gasteiger partial charge in [-0.2, -0.15) is 0 Å². The molecule has 0 aliphatic rings. The SMILES string of the molecule is C=CC[Si](C)(C)/C=C/[Si](C)(C)c1ccccc1. The van der Waals surface area contributed by atoms with E-state index in [1.807, 2.05) is 0 Å². The Bertz CT molecular complexity index is 389. The van der Waals surface area contributed by atoms with Gasteiger partial charge < -0.3 is 0 Å². The Kier molecular flexibility index (Phi) is 4.72. The molecule has 0 spiro atoms. The molecular weight excluding hydrogens is 236 g/mol. The number of hydrogen-bond acceptors (Lipinski definition) is 0. The fraction of sp³-hybridized carbons (Fsp3) is 0.333. The van der Waals surface area contributed by atoms with Crippen molar-refractivity contribution in [3.63, 3.8) is 0 Å². The van der Waals surface area contributed by atoms with Crippen LogP contribution in [0.15, 0.2) is 54.4 Å². The molecule has 0 heterocycles. The van der Waals surface area contributed by atoms with Gasteiger partial charge in [0, 0.05) is 0 Å². The van der Waals surface area contributed by atoms with Gasteiger partial charge in [-0.1, -0.05) is 73.5 Å². The van der Waals surface area contributed by atoms with E-state index in [0.717, 1.165) is 0 Å². The minimum absolute atomic E-state index is 1.17. The highest BCUT2D eigenvalue weighted by Gasteiger charge is 2.22. The van der Waals surface area contributed by atoms with Crippen LogP contribution in [0.1, 0.15) is 0 Å². The summed E-state index contributed by atoms with van der Waals surface area (Å²) in [6.45, 7) is 13.5. The van der Waals surface area contributed by atoms with Crippen LogP contribution >= 0.6 is 0 Å². The highest BCUT2D eigenvalue weighted by atomic mass is 28.3. The van der Waals surface area contributed by atoms with Crippen molar-refractivity contribution in [3.05, 3.63) is 54.4 Å². The van der Waals surface area contributed by atoms with Gasteiger partial charge in [-0.15, -0.1) is 12.3 Å².